The number of benzene rings is 2. The first-order valence-electron chi connectivity index (χ1n) is 11.4. The van der Waals surface area contributed by atoms with E-state index in [-0.39, 0.29) is 32.1 Å². The molecule has 4 rings (SSSR count). The second-order valence-electron chi connectivity index (χ2n) is 9.75. The number of carbonyl (C=O) groups is 3. The zero-order valence-electron chi connectivity index (χ0n) is 19.4. The summed E-state index contributed by atoms with van der Waals surface area (Å²) in [5, 5.41) is 14.6. The van der Waals surface area contributed by atoms with Crippen molar-refractivity contribution in [2.24, 2.45) is 5.41 Å². The first-order valence-corrected chi connectivity index (χ1v) is 11.4. The Hall–Kier alpha value is -3.39. The summed E-state index contributed by atoms with van der Waals surface area (Å²) in [6, 6.07) is 16.1. The van der Waals surface area contributed by atoms with Gasteiger partial charge in [0.15, 0.2) is 0 Å². The fourth-order valence-electron chi connectivity index (χ4n) is 4.69. The molecular formula is C26H30N2O6. The number of hydrogen-bond donors (Lipinski definition) is 3. The van der Waals surface area contributed by atoms with Gasteiger partial charge in [-0.3, -0.25) is 9.59 Å². The average molecular weight is 467 g/mol. The van der Waals surface area contributed by atoms with Crippen molar-refractivity contribution in [3.8, 4) is 11.1 Å². The van der Waals surface area contributed by atoms with Gasteiger partial charge < -0.3 is 25.2 Å². The fraction of sp³-hybridized carbons (Fsp3) is 0.423. The van der Waals surface area contributed by atoms with Crippen LogP contribution in [0.1, 0.15) is 43.7 Å². The molecule has 3 N–H and O–H groups in total. The molecule has 1 heterocycles. The van der Waals surface area contributed by atoms with Gasteiger partial charge in [-0.05, 0) is 27.7 Å². The van der Waals surface area contributed by atoms with Crippen LogP contribution in [0.4, 0.5) is 4.79 Å². The van der Waals surface area contributed by atoms with E-state index in [1.165, 1.54) is 0 Å². The molecule has 2 aromatic rings. The summed E-state index contributed by atoms with van der Waals surface area (Å²) in [5.41, 5.74) is 2.60. The van der Waals surface area contributed by atoms with Gasteiger partial charge in [0.05, 0.1) is 13.0 Å². The van der Waals surface area contributed by atoms with Gasteiger partial charge in [-0.1, -0.05) is 62.4 Å². The van der Waals surface area contributed by atoms with E-state index >= 15 is 0 Å². The quantitative estimate of drug-likeness (QED) is 0.550. The third-order valence-corrected chi connectivity index (χ3v) is 6.50. The Balaban J connectivity index is 1.40. The molecule has 0 spiro atoms. The summed E-state index contributed by atoms with van der Waals surface area (Å²) in [7, 11) is 0. The number of carboxylic acids is 1. The van der Waals surface area contributed by atoms with Crippen LogP contribution in [0.2, 0.25) is 0 Å². The summed E-state index contributed by atoms with van der Waals surface area (Å²) in [6.45, 7) is 4.19. The molecule has 0 aromatic heterocycles. The summed E-state index contributed by atoms with van der Waals surface area (Å²) >= 11 is 0. The van der Waals surface area contributed by atoms with Crippen molar-refractivity contribution in [3.05, 3.63) is 59.7 Å². The minimum atomic E-state index is -1.25. The molecule has 2 amide bonds. The van der Waals surface area contributed by atoms with Gasteiger partial charge in [0.1, 0.15) is 12.1 Å². The lowest BCUT2D eigenvalue weighted by Crippen LogP contribution is -2.60. The third kappa shape index (κ3) is 4.92. The Morgan fingerprint density at radius 2 is 1.71 bits per heavy atom. The molecule has 34 heavy (non-hydrogen) atoms. The van der Waals surface area contributed by atoms with Gasteiger partial charge in [-0.15, -0.1) is 0 Å². The van der Waals surface area contributed by atoms with Crippen molar-refractivity contribution in [2.75, 3.05) is 26.4 Å². The number of aliphatic carboxylic acids is 1. The number of alkyl carbamates (subject to hydrolysis) is 1. The number of carboxylic acid groups (broad SMARTS) is 1. The number of nitrogens with one attached hydrogen (secondary N) is 2. The highest BCUT2D eigenvalue weighted by atomic mass is 16.6. The Labute approximate surface area is 198 Å². The second kappa shape index (κ2) is 9.46. The first kappa shape index (κ1) is 23.8. The molecular weight excluding hydrogens is 436 g/mol. The van der Waals surface area contributed by atoms with Gasteiger partial charge in [-0.2, -0.15) is 0 Å². The van der Waals surface area contributed by atoms with Crippen LogP contribution in [0.25, 0.3) is 11.1 Å². The first-order chi connectivity index (χ1) is 16.2. The number of amides is 2. The molecule has 2 aromatic carbocycles. The van der Waals surface area contributed by atoms with Crippen LogP contribution in [-0.4, -0.2) is 55.0 Å². The average Bonchev–Trinajstić information content (AvgIpc) is 3.39. The number of carbonyl (C=O) groups excluding carboxylic acids is 2. The predicted molar refractivity (Wildman–Crippen MR) is 125 cm³/mol. The number of ether oxygens (including phenoxy) is 2. The molecule has 0 radical (unpaired) electrons. The zero-order valence-corrected chi connectivity index (χ0v) is 19.4. The highest BCUT2D eigenvalue weighted by molar-refractivity contribution is 5.90. The van der Waals surface area contributed by atoms with Crippen molar-refractivity contribution >= 4 is 18.0 Å². The predicted octanol–water partition coefficient (Wildman–Crippen LogP) is 3.30. The lowest BCUT2D eigenvalue weighted by Gasteiger charge is -2.30. The van der Waals surface area contributed by atoms with Gasteiger partial charge >= 0.3 is 12.1 Å². The molecule has 0 bridgehead atoms. The normalized spacial score (nSPS) is 19.2. The Bertz CT molecular complexity index is 1040. The smallest absolute Gasteiger partial charge is 0.408 e. The molecule has 8 heteroatoms. The summed E-state index contributed by atoms with van der Waals surface area (Å²) in [6.07, 6.45) is -0.466. The molecule has 0 saturated carbocycles. The van der Waals surface area contributed by atoms with Crippen LogP contribution in [0, 0.1) is 5.41 Å². The lowest BCUT2D eigenvalue weighted by atomic mass is 9.88. The molecule has 1 saturated heterocycles. The standard InChI is InChI=1S/C26H30N2O6/c1-25(2,13-22(29)30)15-27-23(31)26(11-12-33-16-26)28-24(32)34-14-21-19-9-5-3-7-17(19)18-8-4-6-10-20(18)21/h3-10,21H,11-16H2,1-2H3,(H,27,31)(H,28,32)(H,29,30). The maximum absolute atomic E-state index is 13.0. The van der Waals surface area contributed by atoms with E-state index in [9.17, 15) is 14.4 Å². The Morgan fingerprint density at radius 1 is 1.09 bits per heavy atom. The van der Waals surface area contributed by atoms with Gasteiger partial charge in [0, 0.05) is 25.5 Å². The summed E-state index contributed by atoms with van der Waals surface area (Å²) in [5.74, 6) is -1.42. The van der Waals surface area contributed by atoms with Crippen LogP contribution in [0.3, 0.4) is 0 Å². The minimum absolute atomic E-state index is 0.0301. The molecule has 1 atom stereocenters. The monoisotopic (exact) mass is 466 g/mol. The number of hydrogen-bond acceptors (Lipinski definition) is 5. The zero-order chi connectivity index (χ0) is 24.3. The molecule has 1 aliphatic carbocycles. The van der Waals surface area contributed by atoms with Crippen LogP contribution in [0.15, 0.2) is 48.5 Å². The largest absolute Gasteiger partial charge is 0.481 e. The van der Waals surface area contributed by atoms with Crippen LogP contribution in [-0.2, 0) is 19.1 Å². The number of rotatable bonds is 8. The SMILES string of the molecule is CC(C)(CNC(=O)C1(NC(=O)OCC2c3ccccc3-c3ccccc32)CCOC1)CC(=O)O. The fourth-order valence-corrected chi connectivity index (χ4v) is 4.69. The minimum Gasteiger partial charge on any atom is -0.481 e. The van der Waals surface area contributed by atoms with Crippen molar-refractivity contribution in [2.45, 2.75) is 38.1 Å². The van der Waals surface area contributed by atoms with Crippen molar-refractivity contribution in [3.63, 3.8) is 0 Å². The Kier molecular flexibility index (Phi) is 6.61. The van der Waals surface area contributed by atoms with Crippen LogP contribution in [0.5, 0.6) is 0 Å². The molecule has 1 fully saturated rings. The molecule has 1 aliphatic heterocycles. The number of fused-ring (bicyclic) bond motifs is 3. The van der Waals surface area contributed by atoms with E-state index in [0.717, 1.165) is 22.3 Å². The molecule has 1 unspecified atom stereocenters. The maximum atomic E-state index is 13.0. The third-order valence-electron chi connectivity index (χ3n) is 6.50. The van der Waals surface area contributed by atoms with Crippen LogP contribution < -0.4 is 10.6 Å². The highest BCUT2D eigenvalue weighted by Gasteiger charge is 2.45. The van der Waals surface area contributed by atoms with E-state index in [2.05, 4.69) is 22.8 Å². The topological polar surface area (TPSA) is 114 Å². The molecule has 180 valence electrons. The van der Waals surface area contributed by atoms with Gasteiger partial charge in [0.2, 0.25) is 5.91 Å². The lowest BCUT2D eigenvalue weighted by molar-refractivity contribution is -0.139. The van der Waals surface area contributed by atoms with Crippen molar-refractivity contribution < 1.29 is 29.0 Å². The van der Waals surface area contributed by atoms with E-state index in [4.69, 9.17) is 14.6 Å². The molecule has 8 nitrogen and oxygen atoms in total. The maximum Gasteiger partial charge on any atom is 0.408 e. The van der Waals surface area contributed by atoms with Gasteiger partial charge in [0.25, 0.3) is 0 Å². The van der Waals surface area contributed by atoms with Gasteiger partial charge in [-0.25, -0.2) is 4.79 Å². The van der Waals surface area contributed by atoms with Crippen molar-refractivity contribution in [1.82, 2.24) is 10.6 Å². The van der Waals surface area contributed by atoms with E-state index < -0.39 is 28.9 Å². The Morgan fingerprint density at radius 3 is 2.26 bits per heavy atom. The van der Waals surface area contributed by atoms with E-state index in [0.29, 0.717) is 13.0 Å². The van der Waals surface area contributed by atoms with E-state index in [1.54, 1.807) is 13.8 Å². The summed E-state index contributed by atoms with van der Waals surface area (Å²) in [4.78, 5) is 36.9. The highest BCUT2D eigenvalue weighted by Crippen LogP contribution is 2.44. The van der Waals surface area contributed by atoms with Crippen LogP contribution >= 0.6 is 0 Å². The molecule has 2 aliphatic rings. The van der Waals surface area contributed by atoms with E-state index in [1.807, 2.05) is 36.4 Å². The summed E-state index contributed by atoms with van der Waals surface area (Å²) < 4.78 is 11.0. The van der Waals surface area contributed by atoms with Crippen molar-refractivity contribution in [1.29, 1.82) is 0 Å². The second-order valence-corrected chi connectivity index (χ2v) is 9.75.